The molecule has 5 nitrogen and oxygen atoms in total. The minimum atomic E-state index is -0.0515. The molecule has 100 valence electrons. The summed E-state index contributed by atoms with van der Waals surface area (Å²) in [6, 6.07) is 7.67. The third kappa shape index (κ3) is 2.21. The second-order valence-corrected chi connectivity index (χ2v) is 5.14. The van der Waals surface area contributed by atoms with E-state index in [0.717, 1.165) is 30.8 Å². The van der Waals surface area contributed by atoms with Crippen LogP contribution in [0.3, 0.4) is 0 Å². The van der Waals surface area contributed by atoms with E-state index in [0.29, 0.717) is 11.7 Å². The second kappa shape index (κ2) is 4.66. The van der Waals surface area contributed by atoms with Gasteiger partial charge in [-0.25, -0.2) is 0 Å². The number of hydrogen-bond acceptors (Lipinski definition) is 5. The topological polar surface area (TPSA) is 60.2 Å². The van der Waals surface area contributed by atoms with Gasteiger partial charge in [-0.15, -0.1) is 0 Å². The Bertz CT molecular complexity index is 574. The van der Waals surface area contributed by atoms with E-state index in [-0.39, 0.29) is 5.41 Å². The molecule has 0 saturated carbocycles. The van der Waals surface area contributed by atoms with Crippen molar-refractivity contribution in [1.82, 2.24) is 15.5 Å². The zero-order valence-electron chi connectivity index (χ0n) is 11.1. The Kier molecular flexibility index (Phi) is 2.98. The Morgan fingerprint density at radius 3 is 3.05 bits per heavy atom. The average Bonchev–Trinajstić information content (AvgIpc) is 3.08. The summed E-state index contributed by atoms with van der Waals surface area (Å²) in [6.45, 7) is 4.02. The van der Waals surface area contributed by atoms with Crippen molar-refractivity contribution in [3.8, 4) is 17.1 Å². The Labute approximate surface area is 112 Å². The number of hydrogen-bond donors (Lipinski definition) is 1. The minimum Gasteiger partial charge on any atom is -0.497 e. The molecule has 1 N–H and O–H groups in total. The lowest BCUT2D eigenvalue weighted by Crippen LogP contribution is -2.25. The molecule has 0 amide bonds. The van der Waals surface area contributed by atoms with Crippen molar-refractivity contribution in [2.24, 2.45) is 0 Å². The number of nitrogens with zero attached hydrogens (tertiary/aromatic N) is 2. The third-order valence-corrected chi connectivity index (χ3v) is 3.64. The highest BCUT2D eigenvalue weighted by atomic mass is 16.5. The van der Waals surface area contributed by atoms with Crippen LogP contribution >= 0.6 is 0 Å². The second-order valence-electron chi connectivity index (χ2n) is 5.14. The predicted octanol–water partition coefficient (Wildman–Crippen LogP) is 2.00. The monoisotopic (exact) mass is 259 g/mol. The van der Waals surface area contributed by atoms with Crippen LogP contribution < -0.4 is 10.1 Å². The van der Waals surface area contributed by atoms with Gasteiger partial charge in [-0.1, -0.05) is 17.3 Å². The maximum atomic E-state index is 5.44. The Hall–Kier alpha value is -1.88. The van der Waals surface area contributed by atoms with Gasteiger partial charge in [-0.3, -0.25) is 0 Å². The molecule has 2 heterocycles. The van der Waals surface area contributed by atoms with Gasteiger partial charge in [0, 0.05) is 12.1 Å². The van der Waals surface area contributed by atoms with Crippen LogP contribution in [0.4, 0.5) is 0 Å². The van der Waals surface area contributed by atoms with Crippen molar-refractivity contribution in [1.29, 1.82) is 0 Å². The average molecular weight is 259 g/mol. The van der Waals surface area contributed by atoms with Gasteiger partial charge in [0.1, 0.15) is 5.75 Å². The number of rotatable bonds is 3. The molecule has 2 aromatic rings. The van der Waals surface area contributed by atoms with Gasteiger partial charge in [0.2, 0.25) is 11.7 Å². The summed E-state index contributed by atoms with van der Waals surface area (Å²) < 4.78 is 10.6. The van der Waals surface area contributed by atoms with Crippen molar-refractivity contribution in [3.05, 3.63) is 30.2 Å². The maximum absolute atomic E-state index is 5.44. The molecule has 1 fully saturated rings. The molecule has 0 aliphatic carbocycles. The first-order chi connectivity index (χ1) is 9.21. The van der Waals surface area contributed by atoms with Crippen molar-refractivity contribution < 1.29 is 9.26 Å². The number of methoxy groups -OCH3 is 1. The molecule has 1 saturated heterocycles. The van der Waals surface area contributed by atoms with E-state index in [2.05, 4.69) is 22.4 Å². The van der Waals surface area contributed by atoms with E-state index in [1.165, 1.54) is 0 Å². The first-order valence-corrected chi connectivity index (χ1v) is 6.41. The number of nitrogens with one attached hydrogen (secondary N) is 1. The van der Waals surface area contributed by atoms with Gasteiger partial charge in [0.05, 0.1) is 12.5 Å². The highest BCUT2D eigenvalue weighted by molar-refractivity contribution is 5.56. The summed E-state index contributed by atoms with van der Waals surface area (Å²) in [6.07, 6.45) is 1.02. The fraction of sp³-hybridized carbons (Fsp3) is 0.429. The molecule has 0 radical (unpaired) electrons. The van der Waals surface area contributed by atoms with Crippen LogP contribution in [-0.4, -0.2) is 30.3 Å². The molecule has 1 aromatic carbocycles. The molecular weight excluding hydrogens is 242 g/mol. The van der Waals surface area contributed by atoms with E-state index in [1.54, 1.807) is 7.11 Å². The molecule has 0 bridgehead atoms. The van der Waals surface area contributed by atoms with E-state index in [9.17, 15) is 0 Å². The fourth-order valence-electron chi connectivity index (χ4n) is 2.35. The number of aromatic nitrogens is 2. The Morgan fingerprint density at radius 1 is 1.42 bits per heavy atom. The first-order valence-electron chi connectivity index (χ1n) is 6.41. The SMILES string of the molecule is COc1cccc(-c2noc(C3(C)CCNC3)n2)c1. The molecule has 19 heavy (non-hydrogen) atoms. The number of ether oxygens (including phenoxy) is 1. The Morgan fingerprint density at radius 2 is 2.32 bits per heavy atom. The molecule has 1 atom stereocenters. The molecule has 1 aromatic heterocycles. The third-order valence-electron chi connectivity index (χ3n) is 3.64. The molecular formula is C14H17N3O2. The van der Waals surface area contributed by atoms with E-state index >= 15 is 0 Å². The Balaban J connectivity index is 1.92. The van der Waals surface area contributed by atoms with Crippen molar-refractivity contribution in [3.63, 3.8) is 0 Å². The minimum absolute atomic E-state index is 0.0515. The summed E-state index contributed by atoms with van der Waals surface area (Å²) in [5.41, 5.74) is 0.855. The van der Waals surface area contributed by atoms with Gasteiger partial charge < -0.3 is 14.6 Å². The van der Waals surface area contributed by atoms with Crippen LogP contribution in [-0.2, 0) is 5.41 Å². The highest BCUT2D eigenvalue weighted by Gasteiger charge is 2.36. The standard InChI is InChI=1S/C14H17N3O2/c1-14(6-7-15-9-14)13-16-12(17-19-13)10-4-3-5-11(8-10)18-2/h3-5,8,15H,6-7,9H2,1-2H3. The van der Waals surface area contributed by atoms with Crippen LogP contribution in [0.5, 0.6) is 5.75 Å². The predicted molar refractivity (Wildman–Crippen MR) is 71.1 cm³/mol. The quantitative estimate of drug-likeness (QED) is 0.913. The first kappa shape index (κ1) is 12.2. The molecule has 3 rings (SSSR count). The molecule has 5 heteroatoms. The zero-order chi connectivity index (χ0) is 13.3. The molecule has 1 unspecified atom stereocenters. The van der Waals surface area contributed by atoms with Crippen LogP contribution in [0.2, 0.25) is 0 Å². The van der Waals surface area contributed by atoms with E-state index in [1.807, 2.05) is 24.3 Å². The zero-order valence-corrected chi connectivity index (χ0v) is 11.1. The van der Waals surface area contributed by atoms with E-state index < -0.39 is 0 Å². The lowest BCUT2D eigenvalue weighted by Gasteiger charge is -2.15. The van der Waals surface area contributed by atoms with Crippen molar-refractivity contribution >= 4 is 0 Å². The molecule has 1 aliphatic heterocycles. The van der Waals surface area contributed by atoms with E-state index in [4.69, 9.17) is 9.26 Å². The summed E-state index contributed by atoms with van der Waals surface area (Å²) in [5.74, 6) is 2.11. The van der Waals surface area contributed by atoms with Crippen LogP contribution in [0.15, 0.2) is 28.8 Å². The van der Waals surface area contributed by atoms with Gasteiger partial charge in [-0.2, -0.15) is 4.98 Å². The lowest BCUT2D eigenvalue weighted by molar-refractivity contribution is 0.306. The number of benzene rings is 1. The van der Waals surface area contributed by atoms with Crippen LogP contribution in [0, 0.1) is 0 Å². The molecule has 1 aliphatic rings. The van der Waals surface area contributed by atoms with Crippen molar-refractivity contribution in [2.45, 2.75) is 18.8 Å². The normalized spacial score (nSPS) is 22.6. The summed E-state index contributed by atoms with van der Waals surface area (Å²) in [4.78, 5) is 4.54. The van der Waals surface area contributed by atoms with Crippen molar-refractivity contribution in [2.75, 3.05) is 20.2 Å². The van der Waals surface area contributed by atoms with Crippen LogP contribution in [0.1, 0.15) is 19.2 Å². The highest BCUT2D eigenvalue weighted by Crippen LogP contribution is 2.30. The lowest BCUT2D eigenvalue weighted by atomic mass is 9.90. The summed E-state index contributed by atoms with van der Waals surface area (Å²) in [5, 5.41) is 7.41. The van der Waals surface area contributed by atoms with Gasteiger partial charge in [0.25, 0.3) is 0 Å². The summed E-state index contributed by atoms with van der Waals surface area (Å²) >= 11 is 0. The van der Waals surface area contributed by atoms with Crippen LogP contribution in [0.25, 0.3) is 11.4 Å². The molecule has 0 spiro atoms. The summed E-state index contributed by atoms with van der Waals surface area (Å²) in [7, 11) is 1.64. The van der Waals surface area contributed by atoms with Gasteiger partial charge >= 0.3 is 0 Å². The van der Waals surface area contributed by atoms with Gasteiger partial charge in [-0.05, 0) is 32.0 Å². The largest absolute Gasteiger partial charge is 0.497 e. The smallest absolute Gasteiger partial charge is 0.234 e. The van der Waals surface area contributed by atoms with Gasteiger partial charge in [0.15, 0.2) is 0 Å². The maximum Gasteiger partial charge on any atom is 0.234 e. The fourth-order valence-corrected chi connectivity index (χ4v) is 2.35.